The fourth-order valence-corrected chi connectivity index (χ4v) is 4.22. The van der Waals surface area contributed by atoms with E-state index in [4.69, 9.17) is 9.84 Å². The van der Waals surface area contributed by atoms with E-state index >= 15 is 0 Å². The molecule has 0 spiro atoms. The van der Waals surface area contributed by atoms with Crippen molar-refractivity contribution in [2.24, 2.45) is 0 Å². The summed E-state index contributed by atoms with van der Waals surface area (Å²) < 4.78 is 21.8. The molecule has 4 rings (SSSR count). The molecular weight excluding hydrogens is 520 g/mol. The van der Waals surface area contributed by atoms with E-state index in [1.54, 1.807) is 16.8 Å². The summed E-state index contributed by atoms with van der Waals surface area (Å²) in [6.45, 7) is 1.90. The number of aromatic carboxylic acids is 1. The van der Waals surface area contributed by atoms with Gasteiger partial charge in [-0.25, -0.2) is 18.9 Å². The summed E-state index contributed by atoms with van der Waals surface area (Å²) in [4.78, 5) is 15.5. The van der Waals surface area contributed by atoms with Crippen molar-refractivity contribution in [1.29, 1.82) is 0 Å². The lowest BCUT2D eigenvalue weighted by Gasteiger charge is -2.09. The van der Waals surface area contributed by atoms with E-state index in [-0.39, 0.29) is 11.4 Å². The van der Waals surface area contributed by atoms with Gasteiger partial charge in [0.2, 0.25) is 5.13 Å². The first-order valence-electron chi connectivity index (χ1n) is 8.82. The topological polar surface area (TPSA) is 77.2 Å². The number of benzene rings is 2. The predicted octanol–water partition coefficient (Wildman–Crippen LogP) is 5.58. The van der Waals surface area contributed by atoms with Crippen LogP contribution >= 0.6 is 33.9 Å². The SMILES string of the molecule is Cc1c(-c2ccccc2)nn(-c2nc(C(=O)O)cs2)c1-c1ccc(OCI)c(F)c1. The molecule has 0 bridgehead atoms. The minimum atomic E-state index is -1.11. The molecule has 0 amide bonds. The normalized spacial score (nSPS) is 10.9. The van der Waals surface area contributed by atoms with Crippen molar-refractivity contribution in [3.05, 3.63) is 71.0 Å². The van der Waals surface area contributed by atoms with Crippen LogP contribution in [0, 0.1) is 12.7 Å². The van der Waals surface area contributed by atoms with Crippen LogP contribution in [-0.2, 0) is 0 Å². The fourth-order valence-electron chi connectivity index (χ4n) is 3.13. The second kappa shape index (κ2) is 8.52. The Kier molecular flexibility index (Phi) is 5.82. The molecule has 2 aromatic carbocycles. The van der Waals surface area contributed by atoms with Crippen molar-refractivity contribution in [1.82, 2.24) is 14.8 Å². The highest BCUT2D eigenvalue weighted by molar-refractivity contribution is 14.1. The Balaban J connectivity index is 1.92. The molecule has 30 heavy (non-hydrogen) atoms. The molecule has 0 aliphatic carbocycles. The van der Waals surface area contributed by atoms with Crippen LogP contribution < -0.4 is 4.74 Å². The highest BCUT2D eigenvalue weighted by atomic mass is 127. The molecule has 0 unspecified atom stereocenters. The van der Waals surface area contributed by atoms with E-state index in [1.807, 2.05) is 59.8 Å². The lowest BCUT2D eigenvalue weighted by atomic mass is 10.0. The van der Waals surface area contributed by atoms with Gasteiger partial charge in [-0.15, -0.1) is 11.3 Å². The zero-order valence-electron chi connectivity index (χ0n) is 15.7. The summed E-state index contributed by atoms with van der Waals surface area (Å²) in [5.41, 5.74) is 3.61. The first kappa shape index (κ1) is 20.5. The second-order valence-corrected chi connectivity index (χ2v) is 7.78. The van der Waals surface area contributed by atoms with E-state index in [9.17, 15) is 14.3 Å². The first-order chi connectivity index (χ1) is 14.5. The smallest absolute Gasteiger partial charge is 0.355 e. The highest BCUT2D eigenvalue weighted by Gasteiger charge is 2.22. The number of carboxylic acids is 1. The summed E-state index contributed by atoms with van der Waals surface area (Å²) in [6.07, 6.45) is 0. The molecule has 152 valence electrons. The van der Waals surface area contributed by atoms with Gasteiger partial charge in [0, 0.05) is 22.1 Å². The number of rotatable bonds is 6. The van der Waals surface area contributed by atoms with Crippen molar-refractivity contribution < 1.29 is 19.0 Å². The molecule has 4 aromatic rings. The lowest BCUT2D eigenvalue weighted by Crippen LogP contribution is -2.02. The van der Waals surface area contributed by atoms with E-state index < -0.39 is 11.8 Å². The Labute approximate surface area is 189 Å². The summed E-state index contributed by atoms with van der Waals surface area (Å²) >= 11 is 3.17. The van der Waals surface area contributed by atoms with Crippen LogP contribution in [-0.4, -0.2) is 30.5 Å². The Hall–Kier alpha value is -2.79. The van der Waals surface area contributed by atoms with Crippen LogP contribution in [0.2, 0.25) is 0 Å². The molecule has 0 fully saturated rings. The Morgan fingerprint density at radius 3 is 2.63 bits per heavy atom. The number of carboxylic acid groups (broad SMARTS) is 1. The molecule has 0 aliphatic rings. The fraction of sp³-hybridized carbons (Fsp3) is 0.0952. The largest absolute Gasteiger partial charge is 0.480 e. The summed E-state index contributed by atoms with van der Waals surface area (Å²) in [6, 6.07) is 14.3. The molecule has 0 radical (unpaired) electrons. The van der Waals surface area contributed by atoms with Crippen LogP contribution in [0.25, 0.3) is 27.6 Å². The molecule has 2 heterocycles. The molecule has 9 heteroatoms. The van der Waals surface area contributed by atoms with Gasteiger partial charge in [-0.2, -0.15) is 5.10 Å². The van der Waals surface area contributed by atoms with Gasteiger partial charge in [0.25, 0.3) is 0 Å². The number of alkyl halides is 1. The Morgan fingerprint density at radius 2 is 2.00 bits per heavy atom. The monoisotopic (exact) mass is 535 g/mol. The van der Waals surface area contributed by atoms with E-state index in [0.717, 1.165) is 22.5 Å². The number of ether oxygens (including phenoxy) is 1. The molecule has 0 saturated carbocycles. The van der Waals surface area contributed by atoms with Crippen molar-refractivity contribution >= 4 is 39.9 Å². The molecule has 0 atom stereocenters. The number of hydrogen-bond donors (Lipinski definition) is 1. The molecule has 0 aliphatic heterocycles. The number of aromatic nitrogens is 3. The van der Waals surface area contributed by atoms with Gasteiger partial charge in [0.15, 0.2) is 17.3 Å². The van der Waals surface area contributed by atoms with Crippen molar-refractivity contribution in [2.45, 2.75) is 6.92 Å². The lowest BCUT2D eigenvalue weighted by molar-refractivity contribution is 0.0691. The van der Waals surface area contributed by atoms with Crippen molar-refractivity contribution in [3.8, 4) is 33.4 Å². The summed E-state index contributed by atoms with van der Waals surface area (Å²) in [7, 11) is 0. The summed E-state index contributed by atoms with van der Waals surface area (Å²) in [5.74, 6) is -1.43. The average molecular weight is 535 g/mol. The van der Waals surface area contributed by atoms with Gasteiger partial charge in [-0.3, -0.25) is 0 Å². The van der Waals surface area contributed by atoms with Gasteiger partial charge in [0.1, 0.15) is 4.61 Å². The Morgan fingerprint density at radius 1 is 1.23 bits per heavy atom. The third kappa shape index (κ3) is 3.82. The van der Waals surface area contributed by atoms with Crippen LogP contribution in [0.15, 0.2) is 53.9 Å². The first-order valence-corrected chi connectivity index (χ1v) is 11.2. The number of hydrogen-bond acceptors (Lipinski definition) is 5. The Bertz CT molecular complexity index is 1220. The van der Waals surface area contributed by atoms with Gasteiger partial charge in [0.05, 0.1) is 11.4 Å². The minimum absolute atomic E-state index is 0.0626. The van der Waals surface area contributed by atoms with Crippen LogP contribution in [0.3, 0.4) is 0 Å². The zero-order chi connectivity index (χ0) is 21.3. The van der Waals surface area contributed by atoms with Crippen molar-refractivity contribution in [2.75, 3.05) is 4.61 Å². The van der Waals surface area contributed by atoms with Gasteiger partial charge >= 0.3 is 5.97 Å². The molecule has 6 nitrogen and oxygen atoms in total. The predicted molar refractivity (Wildman–Crippen MR) is 121 cm³/mol. The van der Waals surface area contributed by atoms with E-state index in [1.165, 1.54) is 11.4 Å². The maximum absolute atomic E-state index is 14.6. The number of nitrogens with zero attached hydrogens (tertiary/aromatic N) is 3. The number of carbonyl (C=O) groups is 1. The van der Waals surface area contributed by atoms with Crippen molar-refractivity contribution in [3.63, 3.8) is 0 Å². The van der Waals surface area contributed by atoms with Gasteiger partial charge in [-0.05, 0) is 47.7 Å². The summed E-state index contributed by atoms with van der Waals surface area (Å²) in [5, 5.41) is 15.8. The standard InChI is InChI=1S/C21H15FIN3O3S/c1-12-18(13-5-3-2-4-6-13)25-26(21-24-16(10-30-21)20(27)28)19(12)14-7-8-17(29-11-23)15(22)9-14/h2-10H,11H2,1H3,(H,27,28). The zero-order valence-corrected chi connectivity index (χ0v) is 18.6. The second-order valence-electron chi connectivity index (χ2n) is 6.32. The van der Waals surface area contributed by atoms with Crippen LogP contribution in [0.4, 0.5) is 4.39 Å². The van der Waals surface area contributed by atoms with Gasteiger partial charge < -0.3 is 9.84 Å². The highest BCUT2D eigenvalue weighted by Crippen LogP contribution is 2.36. The maximum Gasteiger partial charge on any atom is 0.355 e. The average Bonchev–Trinajstić information content (AvgIpc) is 3.35. The van der Waals surface area contributed by atoms with Gasteiger partial charge in [-0.1, -0.05) is 30.3 Å². The minimum Gasteiger partial charge on any atom is -0.480 e. The number of thiazole rings is 1. The molecular formula is C21H15FIN3O3S. The van der Waals surface area contributed by atoms with E-state index in [0.29, 0.717) is 26.7 Å². The molecule has 2 aromatic heterocycles. The molecule has 1 N–H and O–H groups in total. The van der Waals surface area contributed by atoms with E-state index in [2.05, 4.69) is 4.98 Å². The maximum atomic E-state index is 14.6. The molecule has 0 saturated heterocycles. The number of halogens is 2. The van der Waals surface area contributed by atoms with Crippen LogP contribution in [0.5, 0.6) is 5.75 Å². The quantitative estimate of drug-likeness (QED) is 0.258. The third-order valence-electron chi connectivity index (χ3n) is 4.48. The third-order valence-corrected chi connectivity index (χ3v) is 5.60. The van der Waals surface area contributed by atoms with Crippen LogP contribution in [0.1, 0.15) is 16.1 Å².